The molecule has 0 bridgehead atoms. The van der Waals surface area contributed by atoms with Gasteiger partial charge in [0.1, 0.15) is 5.75 Å². The number of methoxy groups -OCH3 is 1. The molecule has 0 aromatic heterocycles. The third-order valence-electron chi connectivity index (χ3n) is 2.94. The van der Waals surface area contributed by atoms with Gasteiger partial charge < -0.3 is 10.1 Å². The summed E-state index contributed by atoms with van der Waals surface area (Å²) in [6.07, 6.45) is 1.22. The minimum atomic E-state index is 0.732. The molecule has 1 atom stereocenters. The van der Waals surface area contributed by atoms with E-state index in [2.05, 4.69) is 38.2 Å². The Labute approximate surface area is 99.0 Å². The van der Waals surface area contributed by atoms with Crippen LogP contribution >= 0.6 is 0 Å². The summed E-state index contributed by atoms with van der Waals surface area (Å²) < 4.78 is 5.34. The monoisotopic (exact) mass is 221 g/mol. The fraction of sp³-hybridized carbons (Fsp3) is 0.571. The molecule has 16 heavy (non-hydrogen) atoms. The number of rotatable bonds is 6. The van der Waals surface area contributed by atoms with Crippen LogP contribution in [0.2, 0.25) is 0 Å². The highest BCUT2D eigenvalue weighted by molar-refractivity contribution is 5.36. The highest BCUT2D eigenvalue weighted by atomic mass is 16.5. The quantitative estimate of drug-likeness (QED) is 0.797. The third kappa shape index (κ3) is 3.86. The van der Waals surface area contributed by atoms with Crippen molar-refractivity contribution in [3.63, 3.8) is 0 Å². The van der Waals surface area contributed by atoms with Crippen molar-refractivity contribution in [2.75, 3.05) is 13.7 Å². The van der Waals surface area contributed by atoms with Gasteiger partial charge in [0.25, 0.3) is 0 Å². The van der Waals surface area contributed by atoms with Crippen LogP contribution in [0.25, 0.3) is 0 Å². The van der Waals surface area contributed by atoms with E-state index in [1.165, 1.54) is 17.5 Å². The lowest BCUT2D eigenvalue weighted by Crippen LogP contribution is -2.20. The zero-order chi connectivity index (χ0) is 12.0. The first-order valence-electron chi connectivity index (χ1n) is 6.01. The average molecular weight is 221 g/mol. The largest absolute Gasteiger partial charge is 0.496 e. The topological polar surface area (TPSA) is 21.3 Å². The summed E-state index contributed by atoms with van der Waals surface area (Å²) in [6, 6.07) is 6.30. The zero-order valence-corrected chi connectivity index (χ0v) is 10.8. The first-order valence-corrected chi connectivity index (χ1v) is 6.01. The fourth-order valence-corrected chi connectivity index (χ4v) is 1.64. The van der Waals surface area contributed by atoms with Crippen molar-refractivity contribution < 1.29 is 4.74 Å². The summed E-state index contributed by atoms with van der Waals surface area (Å²) in [5.74, 6) is 1.71. The first-order chi connectivity index (χ1) is 7.67. The fourth-order valence-electron chi connectivity index (χ4n) is 1.64. The van der Waals surface area contributed by atoms with E-state index in [0.29, 0.717) is 0 Å². The maximum atomic E-state index is 5.34. The molecule has 0 heterocycles. The lowest BCUT2D eigenvalue weighted by molar-refractivity contribution is 0.405. The first kappa shape index (κ1) is 13.0. The molecule has 1 aromatic carbocycles. The number of aryl methyl sites for hydroxylation is 1. The van der Waals surface area contributed by atoms with Gasteiger partial charge in [0.05, 0.1) is 7.11 Å². The van der Waals surface area contributed by atoms with E-state index in [0.717, 1.165) is 24.8 Å². The average Bonchev–Trinajstić information content (AvgIpc) is 2.29. The number of ether oxygens (including phenoxy) is 1. The molecule has 0 spiro atoms. The van der Waals surface area contributed by atoms with E-state index in [4.69, 9.17) is 4.74 Å². The molecule has 0 aliphatic rings. The molecule has 0 fully saturated rings. The smallest absolute Gasteiger partial charge is 0.123 e. The van der Waals surface area contributed by atoms with Gasteiger partial charge in [0.2, 0.25) is 0 Å². The van der Waals surface area contributed by atoms with Gasteiger partial charge in [-0.2, -0.15) is 0 Å². The second-order valence-electron chi connectivity index (χ2n) is 4.46. The van der Waals surface area contributed by atoms with E-state index in [1.807, 2.05) is 6.07 Å². The van der Waals surface area contributed by atoms with Gasteiger partial charge in [-0.3, -0.25) is 0 Å². The highest BCUT2D eigenvalue weighted by Gasteiger charge is 2.03. The van der Waals surface area contributed by atoms with Gasteiger partial charge in [-0.15, -0.1) is 0 Å². The second kappa shape index (κ2) is 6.54. The number of hydrogen-bond acceptors (Lipinski definition) is 2. The summed E-state index contributed by atoms with van der Waals surface area (Å²) in [5, 5.41) is 3.47. The zero-order valence-electron chi connectivity index (χ0n) is 10.8. The molecular formula is C14H23NO. The second-order valence-corrected chi connectivity index (χ2v) is 4.46. The standard InChI is InChI=1S/C14H23NO/c1-5-11(2)9-15-10-13-8-12(3)6-7-14(13)16-4/h6-8,11,15H,5,9-10H2,1-4H3. The molecule has 0 saturated carbocycles. The molecule has 1 unspecified atom stereocenters. The lowest BCUT2D eigenvalue weighted by atomic mass is 10.1. The molecule has 2 nitrogen and oxygen atoms in total. The number of nitrogens with one attached hydrogen (secondary N) is 1. The van der Waals surface area contributed by atoms with Crippen molar-refractivity contribution in [1.82, 2.24) is 5.32 Å². The van der Waals surface area contributed by atoms with Crippen LogP contribution in [0.5, 0.6) is 5.75 Å². The molecule has 90 valence electrons. The highest BCUT2D eigenvalue weighted by Crippen LogP contribution is 2.19. The maximum Gasteiger partial charge on any atom is 0.123 e. The summed E-state index contributed by atoms with van der Waals surface area (Å²) in [5.41, 5.74) is 2.52. The molecule has 1 rings (SSSR count). The van der Waals surface area contributed by atoms with Crippen molar-refractivity contribution in [1.29, 1.82) is 0 Å². The van der Waals surface area contributed by atoms with Crippen LogP contribution < -0.4 is 10.1 Å². The molecule has 0 aliphatic carbocycles. The van der Waals surface area contributed by atoms with Crippen LogP contribution in [0.15, 0.2) is 18.2 Å². The van der Waals surface area contributed by atoms with Gasteiger partial charge in [-0.1, -0.05) is 38.0 Å². The van der Waals surface area contributed by atoms with Gasteiger partial charge in [0.15, 0.2) is 0 Å². The number of hydrogen-bond donors (Lipinski definition) is 1. The van der Waals surface area contributed by atoms with E-state index in [1.54, 1.807) is 7.11 Å². The minimum Gasteiger partial charge on any atom is -0.496 e. The molecule has 0 aliphatic heterocycles. The lowest BCUT2D eigenvalue weighted by Gasteiger charge is -2.13. The predicted octanol–water partition coefficient (Wildman–Crippen LogP) is 3.14. The molecule has 0 radical (unpaired) electrons. The Kier molecular flexibility index (Phi) is 5.33. The Morgan fingerprint density at radius 2 is 2.12 bits per heavy atom. The van der Waals surface area contributed by atoms with Crippen molar-refractivity contribution >= 4 is 0 Å². The van der Waals surface area contributed by atoms with E-state index < -0.39 is 0 Å². The van der Waals surface area contributed by atoms with Crippen LogP contribution in [0.1, 0.15) is 31.4 Å². The Hall–Kier alpha value is -1.02. The van der Waals surface area contributed by atoms with Crippen molar-refractivity contribution in [3.05, 3.63) is 29.3 Å². The SMILES string of the molecule is CCC(C)CNCc1cc(C)ccc1OC. The van der Waals surface area contributed by atoms with Crippen molar-refractivity contribution in [3.8, 4) is 5.75 Å². The summed E-state index contributed by atoms with van der Waals surface area (Å²) in [4.78, 5) is 0. The summed E-state index contributed by atoms with van der Waals surface area (Å²) in [6.45, 7) is 8.54. The molecule has 0 amide bonds. The van der Waals surface area contributed by atoms with Crippen molar-refractivity contribution in [2.45, 2.75) is 33.7 Å². The van der Waals surface area contributed by atoms with E-state index in [9.17, 15) is 0 Å². The predicted molar refractivity (Wildman–Crippen MR) is 68.9 cm³/mol. The van der Waals surface area contributed by atoms with Gasteiger partial charge in [-0.25, -0.2) is 0 Å². The Morgan fingerprint density at radius 1 is 1.38 bits per heavy atom. The molecule has 1 aromatic rings. The van der Waals surface area contributed by atoms with Gasteiger partial charge >= 0.3 is 0 Å². The molecule has 0 saturated heterocycles. The van der Waals surface area contributed by atoms with Crippen LogP contribution in [0.3, 0.4) is 0 Å². The van der Waals surface area contributed by atoms with Gasteiger partial charge in [0, 0.05) is 12.1 Å². The van der Waals surface area contributed by atoms with Crippen LogP contribution in [0.4, 0.5) is 0 Å². The number of benzene rings is 1. The normalized spacial score (nSPS) is 12.5. The van der Waals surface area contributed by atoms with Crippen molar-refractivity contribution in [2.24, 2.45) is 5.92 Å². The van der Waals surface area contributed by atoms with Crippen LogP contribution in [0, 0.1) is 12.8 Å². The van der Waals surface area contributed by atoms with E-state index in [-0.39, 0.29) is 0 Å². The Balaban J connectivity index is 2.55. The Bertz CT molecular complexity index is 323. The van der Waals surface area contributed by atoms with Crippen LogP contribution in [-0.2, 0) is 6.54 Å². The van der Waals surface area contributed by atoms with Gasteiger partial charge in [-0.05, 0) is 25.5 Å². The molecule has 1 N–H and O–H groups in total. The summed E-state index contributed by atoms with van der Waals surface area (Å²) in [7, 11) is 1.73. The third-order valence-corrected chi connectivity index (χ3v) is 2.94. The van der Waals surface area contributed by atoms with E-state index >= 15 is 0 Å². The molecular weight excluding hydrogens is 198 g/mol. The molecule has 2 heteroatoms. The maximum absolute atomic E-state index is 5.34. The minimum absolute atomic E-state index is 0.732. The Morgan fingerprint density at radius 3 is 2.75 bits per heavy atom. The summed E-state index contributed by atoms with van der Waals surface area (Å²) >= 11 is 0. The van der Waals surface area contributed by atoms with Crippen LogP contribution in [-0.4, -0.2) is 13.7 Å².